The van der Waals surface area contributed by atoms with Crippen LogP contribution >= 0.6 is 11.6 Å². The monoisotopic (exact) mass is 339 g/mol. The first-order chi connectivity index (χ1) is 11.8. The number of nitrogens with one attached hydrogen (secondary N) is 1. The second-order valence-electron chi connectivity index (χ2n) is 5.97. The average molecular weight is 340 g/mol. The summed E-state index contributed by atoms with van der Waals surface area (Å²) >= 11 is 6.26. The van der Waals surface area contributed by atoms with Gasteiger partial charge in [-0.2, -0.15) is 5.10 Å². The zero-order chi connectivity index (χ0) is 16.4. The molecule has 0 aliphatic carbocycles. The van der Waals surface area contributed by atoms with E-state index < -0.39 is 0 Å². The van der Waals surface area contributed by atoms with Gasteiger partial charge in [-0.3, -0.25) is 15.0 Å². The maximum absolute atomic E-state index is 6.26. The molecule has 6 heteroatoms. The van der Waals surface area contributed by atoms with E-state index >= 15 is 0 Å². The molecule has 1 aliphatic heterocycles. The summed E-state index contributed by atoms with van der Waals surface area (Å²) in [6.07, 6.45) is 3.98. The number of aromatic amines is 1. The lowest BCUT2D eigenvalue weighted by Crippen LogP contribution is -2.24. The van der Waals surface area contributed by atoms with Crippen LogP contribution in [0.3, 0.4) is 0 Å². The minimum atomic E-state index is 0.230. The lowest BCUT2D eigenvalue weighted by Gasteiger charge is -2.22. The van der Waals surface area contributed by atoms with E-state index in [0.717, 1.165) is 48.8 Å². The highest BCUT2D eigenvalue weighted by Crippen LogP contribution is 2.32. The fourth-order valence-electron chi connectivity index (χ4n) is 3.19. The summed E-state index contributed by atoms with van der Waals surface area (Å²) in [4.78, 5) is 11.5. The van der Waals surface area contributed by atoms with Gasteiger partial charge in [0.2, 0.25) is 0 Å². The van der Waals surface area contributed by atoms with Crippen LogP contribution in [0.4, 0.5) is 0 Å². The molecule has 0 saturated carbocycles. The number of hydrogen-bond donors (Lipinski definition) is 1. The minimum absolute atomic E-state index is 0.230. The second kappa shape index (κ2) is 6.71. The van der Waals surface area contributed by atoms with Crippen molar-refractivity contribution in [3.63, 3.8) is 0 Å². The van der Waals surface area contributed by atoms with E-state index in [2.05, 4.69) is 20.1 Å². The van der Waals surface area contributed by atoms with Gasteiger partial charge in [0.1, 0.15) is 5.82 Å². The summed E-state index contributed by atoms with van der Waals surface area (Å²) in [6.45, 7) is 1.74. The molecule has 0 bridgehead atoms. The van der Waals surface area contributed by atoms with Gasteiger partial charge in [-0.05, 0) is 31.5 Å². The largest absolute Gasteiger partial charge is 0.287 e. The van der Waals surface area contributed by atoms with Crippen LogP contribution in [0, 0.1) is 0 Å². The van der Waals surface area contributed by atoms with Crippen molar-refractivity contribution in [3.05, 3.63) is 65.2 Å². The lowest BCUT2D eigenvalue weighted by molar-refractivity contribution is 0.237. The molecule has 2 aromatic heterocycles. The first kappa shape index (κ1) is 15.3. The Balaban J connectivity index is 1.55. The van der Waals surface area contributed by atoms with Crippen molar-refractivity contribution >= 4 is 11.6 Å². The maximum Gasteiger partial charge on any atom is 0.181 e. The topological polar surface area (TPSA) is 57.7 Å². The Kier molecular flexibility index (Phi) is 4.28. The van der Waals surface area contributed by atoms with Crippen LogP contribution in [0.5, 0.6) is 0 Å². The molecule has 1 saturated heterocycles. The quantitative estimate of drug-likeness (QED) is 0.784. The second-order valence-corrected chi connectivity index (χ2v) is 6.38. The molecule has 122 valence electrons. The summed E-state index contributed by atoms with van der Waals surface area (Å²) in [7, 11) is 0. The molecule has 5 nitrogen and oxygen atoms in total. The van der Waals surface area contributed by atoms with Crippen LogP contribution < -0.4 is 0 Å². The smallest absolute Gasteiger partial charge is 0.181 e. The predicted molar refractivity (Wildman–Crippen MR) is 93.5 cm³/mol. The van der Waals surface area contributed by atoms with Gasteiger partial charge < -0.3 is 0 Å². The zero-order valence-electron chi connectivity index (χ0n) is 13.2. The Hall–Kier alpha value is -2.24. The molecule has 3 heterocycles. The molecule has 4 rings (SSSR count). The van der Waals surface area contributed by atoms with Gasteiger partial charge in [0, 0.05) is 18.3 Å². The fraction of sp³-hybridized carbons (Fsp3) is 0.278. The van der Waals surface area contributed by atoms with Crippen molar-refractivity contribution in [3.8, 4) is 11.4 Å². The highest BCUT2D eigenvalue weighted by Gasteiger charge is 2.29. The summed E-state index contributed by atoms with van der Waals surface area (Å²) in [6, 6.07) is 14.0. The Morgan fingerprint density at radius 3 is 2.88 bits per heavy atom. The van der Waals surface area contributed by atoms with Crippen LogP contribution in [-0.2, 0) is 6.54 Å². The first-order valence-electron chi connectivity index (χ1n) is 8.12. The van der Waals surface area contributed by atoms with Crippen molar-refractivity contribution < 1.29 is 0 Å². The first-order valence-corrected chi connectivity index (χ1v) is 8.50. The molecule has 0 spiro atoms. The molecule has 1 aliphatic rings. The molecular formula is C18H18ClN5. The molecule has 3 aromatic rings. The molecule has 1 atom stereocenters. The lowest BCUT2D eigenvalue weighted by atomic mass is 10.2. The van der Waals surface area contributed by atoms with E-state index in [9.17, 15) is 0 Å². The van der Waals surface area contributed by atoms with Crippen molar-refractivity contribution in [2.24, 2.45) is 0 Å². The fourth-order valence-corrected chi connectivity index (χ4v) is 3.37. The summed E-state index contributed by atoms with van der Waals surface area (Å²) in [5.41, 5.74) is 1.94. The summed E-state index contributed by atoms with van der Waals surface area (Å²) in [5, 5.41) is 8.22. The van der Waals surface area contributed by atoms with E-state index in [1.807, 2.05) is 42.5 Å². The van der Waals surface area contributed by atoms with E-state index in [1.165, 1.54) is 0 Å². The van der Waals surface area contributed by atoms with Crippen molar-refractivity contribution in [2.75, 3.05) is 6.54 Å². The third-order valence-corrected chi connectivity index (χ3v) is 4.75. The average Bonchev–Trinajstić information content (AvgIpc) is 3.27. The minimum Gasteiger partial charge on any atom is -0.287 e. The van der Waals surface area contributed by atoms with E-state index in [1.54, 1.807) is 6.20 Å². The van der Waals surface area contributed by atoms with Crippen molar-refractivity contribution in [2.45, 2.75) is 25.4 Å². The van der Waals surface area contributed by atoms with E-state index in [-0.39, 0.29) is 6.04 Å². The highest BCUT2D eigenvalue weighted by molar-refractivity contribution is 6.31. The highest BCUT2D eigenvalue weighted by atomic mass is 35.5. The number of H-pyrrole nitrogens is 1. The summed E-state index contributed by atoms with van der Waals surface area (Å²) < 4.78 is 0. The SMILES string of the molecule is Clc1cccnc1CN1CCCC1c1nc(-c2ccccc2)n[nH]1. The molecular weight excluding hydrogens is 322 g/mol. The van der Waals surface area contributed by atoms with Gasteiger partial charge in [0.25, 0.3) is 0 Å². The number of halogens is 1. The maximum atomic E-state index is 6.26. The van der Waals surface area contributed by atoms with Crippen LogP contribution in [0.1, 0.15) is 30.4 Å². The van der Waals surface area contributed by atoms with Gasteiger partial charge in [-0.1, -0.05) is 41.9 Å². The van der Waals surface area contributed by atoms with Crippen LogP contribution in [0.15, 0.2) is 48.7 Å². The number of benzene rings is 1. The normalized spacial score (nSPS) is 18.1. The third kappa shape index (κ3) is 3.05. The summed E-state index contributed by atoms with van der Waals surface area (Å²) in [5.74, 6) is 1.66. The number of likely N-dealkylation sites (tertiary alicyclic amines) is 1. The van der Waals surface area contributed by atoms with Gasteiger partial charge in [-0.15, -0.1) is 0 Å². The molecule has 0 radical (unpaired) electrons. The van der Waals surface area contributed by atoms with Crippen LogP contribution in [0.25, 0.3) is 11.4 Å². The molecule has 1 fully saturated rings. The molecule has 1 unspecified atom stereocenters. The predicted octanol–water partition coefficient (Wildman–Crippen LogP) is 3.86. The number of rotatable bonds is 4. The number of pyridine rings is 1. The molecule has 0 amide bonds. The Labute approximate surface area is 145 Å². The molecule has 1 N–H and O–H groups in total. The van der Waals surface area contributed by atoms with E-state index in [4.69, 9.17) is 16.6 Å². The van der Waals surface area contributed by atoms with Crippen LogP contribution in [-0.4, -0.2) is 31.6 Å². The van der Waals surface area contributed by atoms with Crippen LogP contribution in [0.2, 0.25) is 5.02 Å². The number of hydrogen-bond acceptors (Lipinski definition) is 4. The van der Waals surface area contributed by atoms with E-state index in [0.29, 0.717) is 5.02 Å². The Bertz CT molecular complexity index is 817. The third-order valence-electron chi connectivity index (χ3n) is 4.40. The molecule has 24 heavy (non-hydrogen) atoms. The van der Waals surface area contributed by atoms with Gasteiger partial charge in [-0.25, -0.2) is 4.98 Å². The van der Waals surface area contributed by atoms with Gasteiger partial charge in [0.15, 0.2) is 5.82 Å². The number of nitrogens with zero attached hydrogens (tertiary/aromatic N) is 4. The zero-order valence-corrected chi connectivity index (χ0v) is 13.9. The van der Waals surface area contributed by atoms with Gasteiger partial charge in [0.05, 0.1) is 16.8 Å². The standard InChI is InChI=1S/C18H18ClN5/c19-14-8-4-10-20-15(14)12-24-11-5-9-16(24)18-21-17(22-23-18)13-6-2-1-3-7-13/h1-4,6-8,10,16H,5,9,11-12H2,(H,21,22,23). The Morgan fingerprint density at radius 2 is 2.04 bits per heavy atom. The van der Waals surface area contributed by atoms with Crippen molar-refractivity contribution in [1.29, 1.82) is 0 Å². The van der Waals surface area contributed by atoms with Crippen molar-refractivity contribution in [1.82, 2.24) is 25.1 Å². The molecule has 1 aromatic carbocycles. The Morgan fingerprint density at radius 1 is 1.17 bits per heavy atom. The number of aromatic nitrogens is 4. The van der Waals surface area contributed by atoms with Gasteiger partial charge >= 0.3 is 0 Å².